The van der Waals surface area contributed by atoms with Crippen LogP contribution in [0.1, 0.15) is 33.1 Å². The molecule has 0 aromatic rings. The number of carbonyl (C=O) groups is 1. The first-order valence-corrected chi connectivity index (χ1v) is 4.05. The van der Waals surface area contributed by atoms with Gasteiger partial charge in [-0.25, -0.2) is 0 Å². The first-order valence-electron chi connectivity index (χ1n) is 4.05. The lowest BCUT2D eigenvalue weighted by molar-refractivity contribution is -0.124. The van der Waals surface area contributed by atoms with Gasteiger partial charge in [-0.3, -0.25) is 4.79 Å². The number of aliphatic hydroxyl groups is 1. The van der Waals surface area contributed by atoms with Crippen molar-refractivity contribution in [2.45, 2.75) is 44.8 Å². The average molecular weight is 157 g/mol. The molecule has 0 atom stereocenters. The third-order valence-corrected chi connectivity index (χ3v) is 2.06. The van der Waals surface area contributed by atoms with Crippen LogP contribution in [0.3, 0.4) is 0 Å². The Kier molecular flexibility index (Phi) is 2.18. The second-order valence-electron chi connectivity index (χ2n) is 3.52. The van der Waals surface area contributed by atoms with Crippen LogP contribution < -0.4 is 5.32 Å². The maximum atomic E-state index is 10.8. The summed E-state index contributed by atoms with van der Waals surface area (Å²) in [6, 6.07) is 0.206. The highest BCUT2D eigenvalue weighted by atomic mass is 16.3. The quantitative estimate of drug-likeness (QED) is 0.610. The fourth-order valence-corrected chi connectivity index (χ4v) is 1.43. The van der Waals surface area contributed by atoms with Crippen LogP contribution in [0.15, 0.2) is 0 Å². The van der Waals surface area contributed by atoms with Crippen molar-refractivity contribution in [2.24, 2.45) is 0 Å². The molecule has 0 saturated heterocycles. The first-order chi connectivity index (χ1) is 5.03. The Morgan fingerprint density at radius 3 is 2.64 bits per heavy atom. The zero-order valence-electron chi connectivity index (χ0n) is 7.05. The van der Waals surface area contributed by atoms with Gasteiger partial charge in [-0.15, -0.1) is 0 Å². The highest BCUT2D eigenvalue weighted by Crippen LogP contribution is 2.31. The van der Waals surface area contributed by atoms with E-state index in [1.54, 1.807) is 6.92 Å². The molecule has 0 aromatic carbocycles. The number of nitrogens with one attached hydrogen (secondary N) is 1. The summed E-state index contributed by atoms with van der Waals surface area (Å²) in [5, 5.41) is 12.1. The Hall–Kier alpha value is -0.570. The fraction of sp³-hybridized carbons (Fsp3) is 0.875. The highest BCUT2D eigenvalue weighted by Gasteiger charge is 2.38. The minimum Gasteiger partial charge on any atom is -0.390 e. The zero-order chi connectivity index (χ0) is 8.48. The summed E-state index contributed by atoms with van der Waals surface area (Å²) in [5.74, 6) is 0.0745. The molecule has 64 valence electrons. The summed E-state index contributed by atoms with van der Waals surface area (Å²) >= 11 is 0. The second kappa shape index (κ2) is 2.81. The zero-order valence-corrected chi connectivity index (χ0v) is 7.05. The molecule has 1 fully saturated rings. The largest absolute Gasteiger partial charge is 0.390 e. The fourth-order valence-electron chi connectivity index (χ4n) is 1.43. The summed E-state index contributed by atoms with van der Waals surface area (Å²) in [6.45, 7) is 3.62. The van der Waals surface area contributed by atoms with Crippen LogP contribution in [-0.4, -0.2) is 22.7 Å². The molecule has 1 rings (SSSR count). The lowest BCUT2D eigenvalue weighted by Crippen LogP contribution is -2.53. The van der Waals surface area contributed by atoms with Crippen LogP contribution in [0.2, 0.25) is 0 Å². The summed E-state index contributed by atoms with van der Waals surface area (Å²) in [6.07, 6.45) is 1.91. The van der Waals surface area contributed by atoms with E-state index in [0.717, 1.165) is 0 Å². The van der Waals surface area contributed by atoms with E-state index in [2.05, 4.69) is 5.32 Å². The van der Waals surface area contributed by atoms with Gasteiger partial charge in [0.25, 0.3) is 0 Å². The summed E-state index contributed by atoms with van der Waals surface area (Å²) in [5.41, 5.74) is -0.536. The topological polar surface area (TPSA) is 49.3 Å². The monoisotopic (exact) mass is 157 g/mol. The normalized spacial score (nSPS) is 36.1. The minimum atomic E-state index is -0.536. The van der Waals surface area contributed by atoms with E-state index in [1.807, 2.05) is 6.92 Å². The number of hydrogen-bond acceptors (Lipinski definition) is 2. The van der Waals surface area contributed by atoms with Gasteiger partial charge < -0.3 is 10.4 Å². The predicted octanol–water partition coefficient (Wildman–Crippen LogP) is 0.426. The summed E-state index contributed by atoms with van der Waals surface area (Å²) in [7, 11) is 0. The van der Waals surface area contributed by atoms with Crippen LogP contribution in [-0.2, 0) is 4.79 Å². The third-order valence-electron chi connectivity index (χ3n) is 2.06. The van der Waals surface area contributed by atoms with E-state index in [4.69, 9.17) is 0 Å². The molecule has 0 heterocycles. The van der Waals surface area contributed by atoms with Gasteiger partial charge in [0.1, 0.15) is 0 Å². The molecule has 1 saturated carbocycles. The Labute approximate surface area is 66.8 Å². The molecule has 0 radical (unpaired) electrons. The number of amides is 1. The van der Waals surface area contributed by atoms with E-state index in [1.165, 1.54) is 0 Å². The summed E-state index contributed by atoms with van der Waals surface area (Å²) in [4.78, 5) is 10.8. The number of carbonyl (C=O) groups excluding carboxylic acids is 1. The van der Waals surface area contributed by atoms with Crippen molar-refractivity contribution >= 4 is 5.91 Å². The van der Waals surface area contributed by atoms with Gasteiger partial charge in [-0.2, -0.15) is 0 Å². The molecule has 11 heavy (non-hydrogen) atoms. The molecule has 2 N–H and O–H groups in total. The van der Waals surface area contributed by atoms with Crippen molar-refractivity contribution in [3.05, 3.63) is 0 Å². The van der Waals surface area contributed by atoms with E-state index in [-0.39, 0.29) is 11.9 Å². The number of hydrogen-bond donors (Lipinski definition) is 2. The lowest BCUT2D eigenvalue weighted by Gasteiger charge is -2.41. The highest BCUT2D eigenvalue weighted by molar-refractivity contribution is 5.75. The molecule has 3 nitrogen and oxygen atoms in total. The van der Waals surface area contributed by atoms with Crippen molar-refractivity contribution < 1.29 is 9.90 Å². The van der Waals surface area contributed by atoms with Gasteiger partial charge >= 0.3 is 0 Å². The van der Waals surface area contributed by atoms with E-state index >= 15 is 0 Å². The van der Waals surface area contributed by atoms with Gasteiger partial charge in [0.05, 0.1) is 5.60 Å². The third kappa shape index (κ3) is 2.19. The van der Waals surface area contributed by atoms with Gasteiger partial charge in [0.15, 0.2) is 0 Å². The maximum absolute atomic E-state index is 10.8. The van der Waals surface area contributed by atoms with Gasteiger partial charge in [0, 0.05) is 12.5 Å². The van der Waals surface area contributed by atoms with Crippen molar-refractivity contribution in [3.8, 4) is 0 Å². The van der Waals surface area contributed by atoms with E-state index in [0.29, 0.717) is 19.3 Å². The molecule has 0 spiro atoms. The van der Waals surface area contributed by atoms with Crippen molar-refractivity contribution in [1.82, 2.24) is 5.32 Å². The van der Waals surface area contributed by atoms with Crippen LogP contribution in [0.25, 0.3) is 0 Å². The molecular weight excluding hydrogens is 142 g/mol. The molecule has 3 heteroatoms. The standard InChI is InChI=1S/C8H15NO2/c1-3-7(10)9-6-4-8(2,11)5-6/h6,11H,3-5H2,1-2H3,(H,9,10)/t6-,8+. The Bertz CT molecular complexity index is 157. The van der Waals surface area contributed by atoms with Crippen LogP contribution in [0, 0.1) is 0 Å². The molecular formula is C8H15NO2. The van der Waals surface area contributed by atoms with Gasteiger partial charge in [0.2, 0.25) is 5.91 Å². The van der Waals surface area contributed by atoms with Crippen molar-refractivity contribution in [1.29, 1.82) is 0 Å². The Morgan fingerprint density at radius 1 is 1.73 bits per heavy atom. The summed E-state index contributed by atoms with van der Waals surface area (Å²) < 4.78 is 0. The maximum Gasteiger partial charge on any atom is 0.219 e. The minimum absolute atomic E-state index is 0.0745. The first kappa shape index (κ1) is 8.53. The molecule has 1 aliphatic carbocycles. The van der Waals surface area contributed by atoms with E-state index in [9.17, 15) is 9.90 Å². The van der Waals surface area contributed by atoms with Crippen LogP contribution in [0.5, 0.6) is 0 Å². The van der Waals surface area contributed by atoms with E-state index < -0.39 is 5.60 Å². The molecule has 0 aromatic heterocycles. The van der Waals surface area contributed by atoms with Crippen LogP contribution in [0.4, 0.5) is 0 Å². The smallest absolute Gasteiger partial charge is 0.219 e. The Balaban J connectivity index is 2.19. The van der Waals surface area contributed by atoms with Gasteiger partial charge in [-0.1, -0.05) is 6.92 Å². The van der Waals surface area contributed by atoms with Crippen molar-refractivity contribution in [3.63, 3.8) is 0 Å². The predicted molar refractivity (Wildman–Crippen MR) is 42.1 cm³/mol. The second-order valence-corrected chi connectivity index (χ2v) is 3.52. The van der Waals surface area contributed by atoms with Crippen LogP contribution >= 0.6 is 0 Å². The molecule has 0 bridgehead atoms. The van der Waals surface area contributed by atoms with Crippen molar-refractivity contribution in [2.75, 3.05) is 0 Å². The SMILES string of the molecule is CCC(=O)N[C@H]1C[C@@](C)(O)C1. The lowest BCUT2D eigenvalue weighted by atomic mass is 9.77. The molecule has 0 aliphatic heterocycles. The van der Waals surface area contributed by atoms with Gasteiger partial charge in [-0.05, 0) is 19.8 Å². The molecule has 1 amide bonds. The molecule has 0 unspecified atom stereocenters. The molecule has 1 aliphatic rings. The number of rotatable bonds is 2. The average Bonchev–Trinajstić information content (AvgIpc) is 1.83. The Morgan fingerprint density at radius 2 is 2.27 bits per heavy atom.